The van der Waals surface area contributed by atoms with Gasteiger partial charge in [0.15, 0.2) is 0 Å². The maximum Gasteiger partial charge on any atom is 0.266 e. The molecule has 24 heavy (non-hydrogen) atoms. The van der Waals surface area contributed by atoms with Crippen molar-refractivity contribution in [3.63, 3.8) is 0 Å². The Bertz CT molecular complexity index is 773. The van der Waals surface area contributed by atoms with Gasteiger partial charge >= 0.3 is 0 Å². The highest BCUT2D eigenvalue weighted by atomic mass is 32.2. The molecule has 130 valence electrons. The highest BCUT2D eigenvalue weighted by Gasteiger charge is 2.22. The van der Waals surface area contributed by atoms with Crippen LogP contribution in [-0.4, -0.2) is 29.6 Å². The number of aromatic nitrogens is 3. The third-order valence-electron chi connectivity index (χ3n) is 4.31. The number of aromatic amines is 1. The van der Waals surface area contributed by atoms with Crippen LogP contribution >= 0.6 is 0 Å². The number of pyridine rings is 1. The Hall–Kier alpha value is -2.09. The van der Waals surface area contributed by atoms with Crippen LogP contribution in [0.5, 0.6) is 0 Å². The van der Waals surface area contributed by atoms with Crippen molar-refractivity contribution in [1.82, 2.24) is 15.2 Å². The Balaban J connectivity index is 1.69. The molecule has 0 atom stereocenters. The van der Waals surface area contributed by atoms with Crippen molar-refractivity contribution in [2.24, 2.45) is 0 Å². The summed E-state index contributed by atoms with van der Waals surface area (Å²) in [5, 5.41) is 10.1. The van der Waals surface area contributed by atoms with Crippen LogP contribution in [0.3, 0.4) is 0 Å². The van der Waals surface area contributed by atoms with Gasteiger partial charge in [-0.3, -0.25) is 9.82 Å². The van der Waals surface area contributed by atoms with E-state index in [1.54, 1.807) is 26.1 Å². The second kappa shape index (κ2) is 6.80. The SMILES string of the molecule is Cc1n[nH]c(C)c1S(=O)(=O)Nc1ccc(NC2CCCCC2)cn1. The van der Waals surface area contributed by atoms with E-state index in [1.807, 2.05) is 6.07 Å². The Morgan fingerprint density at radius 1 is 1.17 bits per heavy atom. The minimum Gasteiger partial charge on any atom is -0.381 e. The van der Waals surface area contributed by atoms with Gasteiger partial charge in [0.05, 0.1) is 23.3 Å². The molecule has 0 spiro atoms. The smallest absolute Gasteiger partial charge is 0.266 e. The first-order valence-electron chi connectivity index (χ1n) is 8.23. The summed E-state index contributed by atoms with van der Waals surface area (Å²) in [5.41, 5.74) is 1.87. The lowest BCUT2D eigenvalue weighted by molar-refractivity contribution is 0.462. The molecule has 0 saturated heterocycles. The van der Waals surface area contributed by atoms with Crippen LogP contribution in [0.1, 0.15) is 43.5 Å². The Kier molecular flexibility index (Phi) is 4.75. The van der Waals surface area contributed by atoms with Gasteiger partial charge in [0, 0.05) is 6.04 Å². The largest absolute Gasteiger partial charge is 0.381 e. The molecule has 7 nitrogen and oxygen atoms in total. The van der Waals surface area contributed by atoms with Gasteiger partial charge in [0.25, 0.3) is 10.0 Å². The third-order valence-corrected chi connectivity index (χ3v) is 5.92. The Morgan fingerprint density at radius 2 is 1.92 bits per heavy atom. The molecule has 3 rings (SSSR count). The summed E-state index contributed by atoms with van der Waals surface area (Å²) in [6.07, 6.45) is 7.84. The molecule has 0 radical (unpaired) electrons. The fourth-order valence-corrected chi connectivity index (χ4v) is 4.53. The molecule has 8 heteroatoms. The molecule has 1 aliphatic rings. The van der Waals surface area contributed by atoms with E-state index in [0.29, 0.717) is 23.2 Å². The van der Waals surface area contributed by atoms with Crippen LogP contribution in [0.15, 0.2) is 23.2 Å². The summed E-state index contributed by atoms with van der Waals surface area (Å²) in [6.45, 7) is 3.34. The second-order valence-corrected chi connectivity index (χ2v) is 7.90. The molecule has 3 N–H and O–H groups in total. The number of sulfonamides is 1. The van der Waals surface area contributed by atoms with Crippen molar-refractivity contribution in [1.29, 1.82) is 0 Å². The standard InChI is InChI=1S/C16H23N5O2S/c1-11-16(12(2)20-19-11)24(22,23)21-15-9-8-14(10-17-15)18-13-6-4-3-5-7-13/h8-10,13,18H,3-7H2,1-2H3,(H,17,21)(H,19,20). The first-order chi connectivity index (χ1) is 11.5. The molecular formula is C16H23N5O2S. The number of rotatable bonds is 5. The lowest BCUT2D eigenvalue weighted by Gasteiger charge is -2.23. The van der Waals surface area contributed by atoms with Gasteiger partial charge in [-0.1, -0.05) is 19.3 Å². The predicted molar refractivity (Wildman–Crippen MR) is 93.6 cm³/mol. The first kappa shape index (κ1) is 16.8. The number of anilines is 2. The highest BCUT2D eigenvalue weighted by Crippen LogP contribution is 2.23. The number of hydrogen-bond donors (Lipinski definition) is 3. The molecule has 0 unspecified atom stereocenters. The maximum absolute atomic E-state index is 12.5. The number of aryl methyl sites for hydroxylation is 2. The first-order valence-corrected chi connectivity index (χ1v) is 9.71. The van der Waals surface area contributed by atoms with E-state index in [1.165, 1.54) is 32.1 Å². The van der Waals surface area contributed by atoms with Gasteiger partial charge in [0.1, 0.15) is 10.7 Å². The summed E-state index contributed by atoms with van der Waals surface area (Å²) >= 11 is 0. The van der Waals surface area contributed by atoms with Crippen LogP contribution in [0.4, 0.5) is 11.5 Å². The monoisotopic (exact) mass is 349 g/mol. The third kappa shape index (κ3) is 3.69. The van der Waals surface area contributed by atoms with E-state index in [-0.39, 0.29) is 4.90 Å². The quantitative estimate of drug-likeness (QED) is 0.770. The van der Waals surface area contributed by atoms with Crippen LogP contribution in [0.25, 0.3) is 0 Å². The lowest BCUT2D eigenvalue weighted by Crippen LogP contribution is -2.22. The highest BCUT2D eigenvalue weighted by molar-refractivity contribution is 7.92. The average molecular weight is 349 g/mol. The maximum atomic E-state index is 12.5. The summed E-state index contributed by atoms with van der Waals surface area (Å²) in [7, 11) is -3.70. The van der Waals surface area contributed by atoms with Crippen LogP contribution in [0, 0.1) is 13.8 Å². The van der Waals surface area contributed by atoms with Gasteiger partial charge in [-0.05, 0) is 38.8 Å². The van der Waals surface area contributed by atoms with E-state index >= 15 is 0 Å². The Morgan fingerprint density at radius 3 is 2.50 bits per heavy atom. The topological polar surface area (TPSA) is 99.8 Å². The van der Waals surface area contributed by atoms with E-state index < -0.39 is 10.0 Å². The Labute approximate surface area is 142 Å². The van der Waals surface area contributed by atoms with Gasteiger partial charge < -0.3 is 5.32 Å². The molecule has 0 bridgehead atoms. The molecule has 2 aromatic heterocycles. The lowest BCUT2D eigenvalue weighted by atomic mass is 9.95. The molecule has 1 fully saturated rings. The van der Waals surface area contributed by atoms with Crippen molar-refractivity contribution in [2.45, 2.75) is 56.9 Å². The van der Waals surface area contributed by atoms with Gasteiger partial charge in [-0.15, -0.1) is 0 Å². The molecule has 1 saturated carbocycles. The average Bonchev–Trinajstić information content (AvgIpc) is 2.90. The zero-order valence-electron chi connectivity index (χ0n) is 14.0. The number of nitrogens with zero attached hydrogens (tertiary/aromatic N) is 2. The normalized spacial score (nSPS) is 16.1. The van der Waals surface area contributed by atoms with Crippen molar-refractivity contribution < 1.29 is 8.42 Å². The predicted octanol–water partition coefficient (Wildman–Crippen LogP) is 2.97. The minimum absolute atomic E-state index is 0.175. The van der Waals surface area contributed by atoms with E-state index in [9.17, 15) is 8.42 Å². The van der Waals surface area contributed by atoms with Crippen molar-refractivity contribution in [3.8, 4) is 0 Å². The zero-order valence-corrected chi connectivity index (χ0v) is 14.8. The molecule has 1 aliphatic carbocycles. The summed E-state index contributed by atoms with van der Waals surface area (Å²) in [5.74, 6) is 0.296. The van der Waals surface area contributed by atoms with Crippen LogP contribution in [0.2, 0.25) is 0 Å². The van der Waals surface area contributed by atoms with Crippen LogP contribution in [-0.2, 0) is 10.0 Å². The molecule has 0 amide bonds. The summed E-state index contributed by atoms with van der Waals surface area (Å²) < 4.78 is 27.5. The molecule has 2 heterocycles. The van der Waals surface area contributed by atoms with Crippen molar-refractivity contribution in [3.05, 3.63) is 29.7 Å². The minimum atomic E-state index is -3.70. The summed E-state index contributed by atoms with van der Waals surface area (Å²) in [4.78, 5) is 4.39. The number of H-pyrrole nitrogens is 1. The van der Waals surface area contributed by atoms with Crippen LogP contribution < -0.4 is 10.0 Å². The van der Waals surface area contributed by atoms with Gasteiger partial charge in [-0.25, -0.2) is 13.4 Å². The van der Waals surface area contributed by atoms with E-state index in [4.69, 9.17) is 0 Å². The van der Waals surface area contributed by atoms with Gasteiger partial charge in [0.2, 0.25) is 0 Å². The van der Waals surface area contributed by atoms with E-state index in [0.717, 1.165) is 5.69 Å². The summed E-state index contributed by atoms with van der Waals surface area (Å²) in [6, 6.07) is 4.02. The van der Waals surface area contributed by atoms with Crippen molar-refractivity contribution >= 4 is 21.5 Å². The van der Waals surface area contributed by atoms with E-state index in [2.05, 4.69) is 25.2 Å². The molecule has 2 aromatic rings. The fraction of sp³-hybridized carbons (Fsp3) is 0.500. The zero-order chi connectivity index (χ0) is 17.2. The second-order valence-electron chi connectivity index (χ2n) is 6.28. The number of hydrogen-bond acceptors (Lipinski definition) is 5. The van der Waals surface area contributed by atoms with Gasteiger partial charge in [-0.2, -0.15) is 5.10 Å². The number of nitrogens with one attached hydrogen (secondary N) is 3. The molecule has 0 aromatic carbocycles. The van der Waals surface area contributed by atoms with Crippen molar-refractivity contribution in [2.75, 3.05) is 10.0 Å². The fourth-order valence-electron chi connectivity index (χ4n) is 3.15. The molecule has 0 aliphatic heterocycles. The molecular weight excluding hydrogens is 326 g/mol.